The molecule has 0 nitrogen and oxygen atoms in total. The van der Waals surface area contributed by atoms with Crippen LogP contribution in [0, 0.1) is 33.5 Å². The molecule has 6 rings (SSSR count). The number of hydrogen-bond donors (Lipinski definition) is 0. The normalized spacial score (nSPS) is 12.6. The number of fused-ring (bicyclic) bond motifs is 6. The molecule has 0 aromatic heterocycles. The van der Waals surface area contributed by atoms with Crippen molar-refractivity contribution in [1.29, 1.82) is 0 Å². The molecule has 0 atom stereocenters. The molecule has 3 heteroatoms. The van der Waals surface area contributed by atoms with Gasteiger partial charge in [-0.15, -0.1) is 0 Å². The molecule has 0 saturated carbocycles. The second-order valence-electron chi connectivity index (χ2n) is 8.90. The van der Waals surface area contributed by atoms with Gasteiger partial charge in [0.1, 0.15) is 0 Å². The van der Waals surface area contributed by atoms with Crippen LogP contribution in [0.4, 0.5) is 0 Å². The van der Waals surface area contributed by atoms with Crippen LogP contribution >= 0.6 is 0 Å². The van der Waals surface area contributed by atoms with E-state index < -0.39 is 36.9 Å². The van der Waals surface area contributed by atoms with Gasteiger partial charge < -0.3 is 0 Å². The summed E-state index contributed by atoms with van der Waals surface area (Å²) in [6.45, 7) is 5.23. The van der Waals surface area contributed by atoms with E-state index in [0.717, 1.165) is 12.8 Å². The Morgan fingerprint density at radius 3 is 1.42 bits per heavy atom. The van der Waals surface area contributed by atoms with Gasteiger partial charge in [0.05, 0.1) is 8.41 Å². The summed E-state index contributed by atoms with van der Waals surface area (Å²) in [5.74, 6) is 0. The Balaban J connectivity index is 0.00000204. The Bertz CT molecular complexity index is 1200. The molecule has 31 heavy (non-hydrogen) atoms. The van der Waals surface area contributed by atoms with Gasteiger partial charge in [0, 0.05) is 0 Å². The second kappa shape index (κ2) is 8.46. The van der Waals surface area contributed by atoms with Gasteiger partial charge in [-0.05, 0) is 0 Å². The average Bonchev–Trinajstić information content (AvgIpc) is 3.33. The molecule has 0 unspecified atom stereocenters. The number of rotatable bonds is 3. The molecule has 2 aliphatic rings. The van der Waals surface area contributed by atoms with Crippen molar-refractivity contribution in [3.63, 3.8) is 0 Å². The molecule has 0 spiro atoms. The summed E-state index contributed by atoms with van der Waals surface area (Å²) in [6, 6.07) is 32.5. The van der Waals surface area contributed by atoms with Gasteiger partial charge in [-0.1, -0.05) is 0 Å². The summed E-state index contributed by atoms with van der Waals surface area (Å²) in [5.41, 5.74) is 12.3. The first-order chi connectivity index (χ1) is 14.7. The van der Waals surface area contributed by atoms with Crippen molar-refractivity contribution in [1.82, 2.24) is 0 Å². The van der Waals surface area contributed by atoms with Crippen LogP contribution in [0.25, 0.3) is 22.3 Å². The van der Waals surface area contributed by atoms with Gasteiger partial charge in [0.25, 0.3) is 0 Å². The predicted octanol–water partition coefficient (Wildman–Crippen LogP) is 4.20. The molecular formula is C28H28BNdSi. The van der Waals surface area contributed by atoms with E-state index >= 15 is 0 Å². The van der Waals surface area contributed by atoms with Crippen LogP contribution in [0.1, 0.15) is 22.3 Å². The van der Waals surface area contributed by atoms with Crippen LogP contribution in [0.15, 0.2) is 84.9 Å². The zero-order valence-corrected chi connectivity index (χ0v) is 21.9. The van der Waals surface area contributed by atoms with Crippen molar-refractivity contribution in [3.8, 4) is 22.3 Å². The molecule has 0 saturated heterocycles. The quantitative estimate of drug-likeness (QED) is 0.292. The summed E-state index contributed by atoms with van der Waals surface area (Å²) in [4.78, 5) is 0. The topological polar surface area (TPSA) is 0 Å². The van der Waals surface area contributed by atoms with Crippen molar-refractivity contribution < 1.29 is 33.5 Å². The minimum atomic E-state index is -2.19. The molecular weight excluding hydrogens is 519 g/mol. The van der Waals surface area contributed by atoms with Gasteiger partial charge in [0.2, 0.25) is 0 Å². The molecule has 0 amide bonds. The van der Waals surface area contributed by atoms with Crippen molar-refractivity contribution in [2.24, 2.45) is 0 Å². The van der Waals surface area contributed by atoms with E-state index in [4.69, 9.17) is 0 Å². The van der Waals surface area contributed by atoms with Crippen molar-refractivity contribution >= 4 is 14.2 Å². The van der Waals surface area contributed by atoms with Gasteiger partial charge in [-0.3, -0.25) is 0 Å². The van der Waals surface area contributed by atoms with Crippen LogP contribution in [-0.2, 0) is 12.8 Å². The third-order valence-corrected chi connectivity index (χ3v) is 30.5. The molecule has 0 bridgehead atoms. The zero-order valence-electron chi connectivity index (χ0n) is 17.6. The Hall–Kier alpha value is -1.49. The Kier molecular flexibility index (Phi) is 5.83. The standard InChI is InChI=1S/2C13H9.C2H7Si.BH3.Nd/c2*1-3-7-12-10(5-1)9-11-6-2-4-8-13(11)12;1-3-2;;/h2*1-5,7-8H,9H2;3H,1-2H3;1H3;. The Morgan fingerprint density at radius 1 is 0.548 bits per heavy atom. The third-order valence-electron chi connectivity index (χ3n) is 6.86. The van der Waals surface area contributed by atoms with E-state index in [-0.39, 0.29) is 8.41 Å². The molecule has 0 aliphatic heterocycles. The van der Waals surface area contributed by atoms with E-state index in [2.05, 4.69) is 98.0 Å². The van der Waals surface area contributed by atoms with Gasteiger partial charge in [-0.25, -0.2) is 0 Å². The third kappa shape index (κ3) is 3.42. The van der Waals surface area contributed by atoms with Crippen LogP contribution in [0.3, 0.4) is 0 Å². The van der Waals surface area contributed by atoms with E-state index in [0.29, 0.717) is 0 Å². The Labute approximate surface area is 201 Å². The van der Waals surface area contributed by atoms with Crippen LogP contribution in [0.5, 0.6) is 0 Å². The van der Waals surface area contributed by atoms with Crippen molar-refractivity contribution in [2.75, 3.05) is 0 Å². The summed E-state index contributed by atoms with van der Waals surface area (Å²) in [7, 11) is 0. The van der Waals surface area contributed by atoms with Crippen molar-refractivity contribution in [2.45, 2.75) is 25.9 Å². The van der Waals surface area contributed by atoms with E-state index in [1.165, 1.54) is 33.4 Å². The molecule has 4 aromatic carbocycles. The first-order valence-corrected chi connectivity index (χ1v) is 22.7. The maximum atomic E-state index is 2.62. The van der Waals surface area contributed by atoms with Gasteiger partial charge >= 0.3 is 195 Å². The zero-order chi connectivity index (χ0) is 20.2. The second-order valence-corrected chi connectivity index (χ2v) is 32.7. The van der Waals surface area contributed by atoms with E-state index in [1.54, 1.807) is 13.6 Å². The van der Waals surface area contributed by atoms with Crippen LogP contribution < -0.4 is 2.43 Å². The van der Waals surface area contributed by atoms with Crippen LogP contribution in [-0.4, -0.2) is 11.8 Å². The average molecular weight is 548 g/mol. The number of hydrogen-bond acceptors (Lipinski definition) is 0. The molecule has 0 heterocycles. The van der Waals surface area contributed by atoms with E-state index in [9.17, 15) is 0 Å². The summed E-state index contributed by atoms with van der Waals surface area (Å²) in [5, 5.41) is 0. The summed E-state index contributed by atoms with van der Waals surface area (Å²) < 4.78 is 2.79. The van der Waals surface area contributed by atoms with Crippen molar-refractivity contribution in [3.05, 3.63) is 107 Å². The summed E-state index contributed by atoms with van der Waals surface area (Å²) >= 11 is -2.19. The molecule has 0 N–H and O–H groups in total. The molecule has 4 aromatic rings. The monoisotopic (exact) mass is 545 g/mol. The fourth-order valence-corrected chi connectivity index (χ4v) is 29.0. The first-order valence-electron chi connectivity index (χ1n) is 11.0. The fourth-order valence-electron chi connectivity index (χ4n) is 5.59. The Morgan fingerprint density at radius 2 is 0.968 bits per heavy atom. The van der Waals surface area contributed by atoms with Gasteiger partial charge in [-0.2, -0.15) is 0 Å². The van der Waals surface area contributed by atoms with E-state index in [1.807, 2.05) is 0 Å². The molecule has 151 valence electrons. The maximum absolute atomic E-state index is 2.62. The molecule has 2 aliphatic carbocycles. The van der Waals surface area contributed by atoms with Gasteiger partial charge in [0.15, 0.2) is 0 Å². The SMILES string of the molecule is B.C[SiH](C)[Nd]([c]1cccc2c1Cc1ccccc1-2)[c]1cccc2c1Cc1ccccc1-2. The molecule has 0 radical (unpaired) electrons. The summed E-state index contributed by atoms with van der Waals surface area (Å²) in [6.07, 6.45) is 2.26. The molecule has 0 fully saturated rings. The number of benzene rings is 4. The fraction of sp³-hybridized carbons (Fsp3) is 0.143. The minimum absolute atomic E-state index is 0. The first kappa shape index (κ1) is 21.4. The predicted molar refractivity (Wildman–Crippen MR) is 137 cm³/mol. The van der Waals surface area contributed by atoms with Crippen LogP contribution in [0.2, 0.25) is 13.1 Å².